The van der Waals surface area contributed by atoms with Crippen molar-refractivity contribution in [1.82, 2.24) is 5.32 Å². The summed E-state index contributed by atoms with van der Waals surface area (Å²) in [5.74, 6) is 0.658. The van der Waals surface area contributed by atoms with Crippen LogP contribution in [0.1, 0.15) is 25.7 Å². The van der Waals surface area contributed by atoms with E-state index in [0.29, 0.717) is 31.9 Å². The second-order valence-corrected chi connectivity index (χ2v) is 7.06. The third-order valence-corrected chi connectivity index (χ3v) is 4.15. The smallest absolute Gasteiger partial charge is 0.219 e. The van der Waals surface area contributed by atoms with Gasteiger partial charge in [-0.05, 0) is 50.1 Å². The zero-order chi connectivity index (χ0) is 16.4. The number of nitrogens with two attached hydrogens (primary N) is 1. The molecular weight excluding hydrogens is 340 g/mol. The number of rotatable bonds is 10. The van der Waals surface area contributed by atoms with Crippen molar-refractivity contribution in [2.75, 3.05) is 26.0 Å². The number of nitrogens with one attached hydrogen (secondary N) is 1. The summed E-state index contributed by atoms with van der Waals surface area (Å²) in [7, 11) is -3.18. The predicted octanol–water partition coefficient (Wildman–Crippen LogP) is 1.53. The fourth-order valence-electron chi connectivity index (χ4n) is 1.78. The van der Waals surface area contributed by atoms with Crippen LogP contribution >= 0.6 is 12.4 Å². The Morgan fingerprint density at radius 1 is 1.17 bits per heavy atom. The molecule has 0 bridgehead atoms. The fourth-order valence-corrected chi connectivity index (χ4v) is 2.41. The second kappa shape index (κ2) is 11.3. The summed E-state index contributed by atoms with van der Waals surface area (Å²) >= 11 is 0. The summed E-state index contributed by atoms with van der Waals surface area (Å²) in [6, 6.07) is 6.32. The first-order chi connectivity index (χ1) is 10.4. The minimum atomic E-state index is -3.18. The van der Waals surface area contributed by atoms with Crippen LogP contribution in [-0.2, 0) is 14.6 Å². The number of halogens is 1. The third kappa shape index (κ3) is 9.43. The van der Waals surface area contributed by atoms with Crippen LogP contribution in [0.2, 0.25) is 0 Å². The van der Waals surface area contributed by atoms with E-state index in [2.05, 4.69) is 5.32 Å². The number of ether oxygens (including phenoxy) is 1. The van der Waals surface area contributed by atoms with Gasteiger partial charge in [-0.3, -0.25) is 4.79 Å². The van der Waals surface area contributed by atoms with Crippen molar-refractivity contribution in [3.8, 4) is 5.75 Å². The first-order valence-electron chi connectivity index (χ1n) is 7.33. The van der Waals surface area contributed by atoms with Crippen molar-refractivity contribution >= 4 is 28.2 Å². The number of carbonyl (C=O) groups is 1. The highest BCUT2D eigenvalue weighted by Gasteiger charge is 2.06. The molecule has 0 aliphatic carbocycles. The standard InChI is InChI=1S/C15H24N2O4S.ClH/c1-22(19,20)14-8-6-13(7-9-14)21-12-3-2-5-15(18)17-11-4-10-16;/h6-9H,2-5,10-12,16H2,1H3,(H,17,18);1H. The molecule has 3 N–H and O–H groups in total. The fraction of sp³-hybridized carbons (Fsp3) is 0.533. The van der Waals surface area contributed by atoms with E-state index in [9.17, 15) is 13.2 Å². The van der Waals surface area contributed by atoms with E-state index in [1.807, 2.05) is 0 Å². The molecule has 1 aromatic rings. The maximum Gasteiger partial charge on any atom is 0.219 e. The number of amides is 1. The van der Waals surface area contributed by atoms with E-state index < -0.39 is 9.84 Å². The number of unbranched alkanes of at least 4 members (excludes halogenated alkanes) is 1. The first-order valence-corrected chi connectivity index (χ1v) is 9.22. The molecule has 1 amide bonds. The molecule has 1 rings (SSSR count). The van der Waals surface area contributed by atoms with Gasteiger partial charge in [0.1, 0.15) is 5.75 Å². The molecule has 0 saturated heterocycles. The van der Waals surface area contributed by atoms with E-state index in [4.69, 9.17) is 10.5 Å². The minimum Gasteiger partial charge on any atom is -0.494 e. The Morgan fingerprint density at radius 2 is 1.83 bits per heavy atom. The second-order valence-electron chi connectivity index (χ2n) is 5.04. The zero-order valence-electron chi connectivity index (χ0n) is 13.3. The highest BCUT2D eigenvalue weighted by atomic mass is 35.5. The SMILES string of the molecule is CS(=O)(=O)c1ccc(OCCCCC(=O)NCCCN)cc1.Cl. The largest absolute Gasteiger partial charge is 0.494 e. The molecule has 0 aromatic heterocycles. The molecule has 0 heterocycles. The molecule has 1 aromatic carbocycles. The van der Waals surface area contributed by atoms with Gasteiger partial charge in [0.2, 0.25) is 5.91 Å². The minimum absolute atomic E-state index is 0. The molecule has 132 valence electrons. The van der Waals surface area contributed by atoms with Gasteiger partial charge < -0.3 is 15.8 Å². The lowest BCUT2D eigenvalue weighted by Gasteiger charge is -2.07. The van der Waals surface area contributed by atoms with E-state index in [0.717, 1.165) is 19.3 Å². The van der Waals surface area contributed by atoms with Gasteiger partial charge in [-0.1, -0.05) is 0 Å². The normalized spacial score (nSPS) is 10.7. The molecule has 0 aliphatic heterocycles. The van der Waals surface area contributed by atoms with Crippen molar-refractivity contribution in [2.24, 2.45) is 5.73 Å². The Kier molecular flexibility index (Phi) is 10.6. The Labute approximate surface area is 144 Å². The molecule has 0 spiro atoms. The van der Waals surface area contributed by atoms with E-state index in [1.54, 1.807) is 12.1 Å². The Hall–Kier alpha value is -1.31. The lowest BCUT2D eigenvalue weighted by Crippen LogP contribution is -2.25. The van der Waals surface area contributed by atoms with Crippen LogP contribution in [0.5, 0.6) is 5.75 Å². The maximum atomic E-state index is 11.4. The molecule has 0 aliphatic rings. The topological polar surface area (TPSA) is 98.5 Å². The average Bonchev–Trinajstić information content (AvgIpc) is 2.47. The number of benzene rings is 1. The quantitative estimate of drug-likeness (QED) is 0.613. The molecule has 0 fully saturated rings. The summed E-state index contributed by atoms with van der Waals surface area (Å²) in [6.07, 6.45) is 3.94. The van der Waals surface area contributed by atoms with Crippen molar-refractivity contribution in [2.45, 2.75) is 30.6 Å². The highest BCUT2D eigenvalue weighted by Crippen LogP contribution is 2.16. The Morgan fingerprint density at radius 3 is 2.39 bits per heavy atom. The molecular formula is C15H25ClN2O4S. The summed E-state index contributed by atoms with van der Waals surface area (Å²) in [5, 5.41) is 2.80. The molecule has 0 radical (unpaired) electrons. The predicted molar refractivity (Wildman–Crippen MR) is 92.8 cm³/mol. The average molecular weight is 365 g/mol. The van der Waals surface area contributed by atoms with Gasteiger partial charge >= 0.3 is 0 Å². The van der Waals surface area contributed by atoms with Crippen LogP contribution in [0.15, 0.2) is 29.2 Å². The van der Waals surface area contributed by atoms with E-state index in [-0.39, 0.29) is 23.2 Å². The van der Waals surface area contributed by atoms with Crippen LogP contribution in [0, 0.1) is 0 Å². The lowest BCUT2D eigenvalue weighted by atomic mass is 10.2. The van der Waals surface area contributed by atoms with Gasteiger partial charge in [-0.2, -0.15) is 0 Å². The molecule has 8 heteroatoms. The molecule has 6 nitrogen and oxygen atoms in total. The zero-order valence-corrected chi connectivity index (χ0v) is 14.9. The Bertz CT molecular complexity index is 561. The van der Waals surface area contributed by atoms with E-state index >= 15 is 0 Å². The van der Waals surface area contributed by atoms with Crippen LogP contribution in [-0.4, -0.2) is 40.3 Å². The maximum absolute atomic E-state index is 11.4. The van der Waals surface area contributed by atoms with Crippen LogP contribution in [0.4, 0.5) is 0 Å². The Balaban J connectivity index is 0.00000484. The highest BCUT2D eigenvalue weighted by molar-refractivity contribution is 7.90. The summed E-state index contributed by atoms with van der Waals surface area (Å²) < 4.78 is 28.1. The summed E-state index contributed by atoms with van der Waals surface area (Å²) in [6.45, 7) is 1.69. The number of hydrogen-bond donors (Lipinski definition) is 2. The molecule has 0 saturated carbocycles. The van der Waals surface area contributed by atoms with Crippen LogP contribution in [0.25, 0.3) is 0 Å². The van der Waals surface area contributed by atoms with Gasteiger partial charge in [-0.15, -0.1) is 12.4 Å². The third-order valence-electron chi connectivity index (χ3n) is 3.02. The number of carbonyl (C=O) groups excluding carboxylic acids is 1. The first kappa shape index (κ1) is 21.7. The molecule has 0 atom stereocenters. The van der Waals surface area contributed by atoms with Crippen molar-refractivity contribution in [3.63, 3.8) is 0 Å². The van der Waals surface area contributed by atoms with Crippen molar-refractivity contribution in [1.29, 1.82) is 0 Å². The lowest BCUT2D eigenvalue weighted by molar-refractivity contribution is -0.121. The number of sulfone groups is 1. The van der Waals surface area contributed by atoms with Gasteiger partial charge in [-0.25, -0.2) is 8.42 Å². The molecule has 0 unspecified atom stereocenters. The van der Waals surface area contributed by atoms with E-state index in [1.165, 1.54) is 18.4 Å². The van der Waals surface area contributed by atoms with Crippen LogP contribution in [0.3, 0.4) is 0 Å². The number of hydrogen-bond acceptors (Lipinski definition) is 5. The summed E-state index contributed by atoms with van der Waals surface area (Å²) in [4.78, 5) is 11.7. The van der Waals surface area contributed by atoms with Gasteiger partial charge in [0.25, 0.3) is 0 Å². The monoisotopic (exact) mass is 364 g/mol. The summed E-state index contributed by atoms with van der Waals surface area (Å²) in [5.41, 5.74) is 5.34. The molecule has 23 heavy (non-hydrogen) atoms. The van der Waals surface area contributed by atoms with Crippen LogP contribution < -0.4 is 15.8 Å². The van der Waals surface area contributed by atoms with Crippen molar-refractivity contribution in [3.05, 3.63) is 24.3 Å². The van der Waals surface area contributed by atoms with Gasteiger partial charge in [0.05, 0.1) is 11.5 Å². The van der Waals surface area contributed by atoms with Gasteiger partial charge in [0.15, 0.2) is 9.84 Å². The van der Waals surface area contributed by atoms with Crippen molar-refractivity contribution < 1.29 is 17.9 Å². The van der Waals surface area contributed by atoms with Gasteiger partial charge in [0, 0.05) is 19.2 Å².